The fraction of sp³-hybridized carbons (Fsp3) is 0.0833. The zero-order valence-electron chi connectivity index (χ0n) is 9.21. The predicted octanol–water partition coefficient (Wildman–Crippen LogP) is 1.81. The van der Waals surface area contributed by atoms with Crippen molar-refractivity contribution in [2.45, 2.75) is 6.92 Å². The molecule has 1 aromatic heterocycles. The fourth-order valence-corrected chi connectivity index (χ4v) is 1.39. The number of amides is 1. The Hall–Kier alpha value is -2.43. The van der Waals surface area contributed by atoms with Crippen LogP contribution in [0.15, 0.2) is 36.7 Å². The molecule has 0 aliphatic carbocycles. The van der Waals surface area contributed by atoms with Gasteiger partial charge in [0.25, 0.3) is 0 Å². The maximum absolute atomic E-state index is 10.8. The van der Waals surface area contributed by atoms with Crippen molar-refractivity contribution in [1.29, 1.82) is 0 Å². The molecule has 0 aliphatic heterocycles. The number of hydrogen-bond acceptors (Lipinski definition) is 4. The van der Waals surface area contributed by atoms with Crippen molar-refractivity contribution >= 4 is 11.7 Å². The lowest BCUT2D eigenvalue weighted by molar-refractivity contribution is -0.114. The van der Waals surface area contributed by atoms with E-state index in [1.54, 1.807) is 24.4 Å². The molecule has 1 aromatic carbocycles. The monoisotopic (exact) mass is 229 g/mol. The van der Waals surface area contributed by atoms with Crippen LogP contribution < -0.4 is 5.32 Å². The van der Waals surface area contributed by atoms with Gasteiger partial charge in [-0.25, -0.2) is 4.98 Å². The maximum Gasteiger partial charge on any atom is 0.222 e. The highest BCUT2D eigenvalue weighted by atomic mass is 16.3. The molecule has 0 radical (unpaired) electrons. The minimum absolute atomic E-state index is 0.176. The third-order valence-corrected chi connectivity index (χ3v) is 2.10. The van der Waals surface area contributed by atoms with Crippen molar-refractivity contribution in [3.05, 3.63) is 36.7 Å². The molecule has 0 atom stereocenters. The second kappa shape index (κ2) is 4.61. The third-order valence-electron chi connectivity index (χ3n) is 2.10. The number of nitrogens with zero attached hydrogens (tertiary/aromatic N) is 2. The Morgan fingerprint density at radius 2 is 2.12 bits per heavy atom. The molecule has 86 valence electrons. The summed E-state index contributed by atoms with van der Waals surface area (Å²) in [5.74, 6) is 0.390. The van der Waals surface area contributed by atoms with E-state index in [4.69, 9.17) is 0 Å². The average molecular weight is 229 g/mol. The van der Waals surface area contributed by atoms with Crippen LogP contribution in [0.4, 0.5) is 5.82 Å². The van der Waals surface area contributed by atoms with Gasteiger partial charge >= 0.3 is 0 Å². The molecule has 0 aliphatic rings. The molecular formula is C12H11N3O2. The molecule has 5 nitrogen and oxygen atoms in total. The Labute approximate surface area is 98.2 Å². The van der Waals surface area contributed by atoms with Gasteiger partial charge in [-0.05, 0) is 12.1 Å². The van der Waals surface area contributed by atoms with E-state index in [1.807, 2.05) is 6.07 Å². The highest BCUT2D eigenvalue weighted by Gasteiger charge is 2.02. The van der Waals surface area contributed by atoms with Gasteiger partial charge in [0.2, 0.25) is 5.91 Å². The van der Waals surface area contributed by atoms with E-state index >= 15 is 0 Å². The highest BCUT2D eigenvalue weighted by Crippen LogP contribution is 2.20. The summed E-state index contributed by atoms with van der Waals surface area (Å²) in [7, 11) is 0. The zero-order valence-corrected chi connectivity index (χ0v) is 9.21. The molecule has 17 heavy (non-hydrogen) atoms. The van der Waals surface area contributed by atoms with E-state index in [2.05, 4.69) is 15.3 Å². The van der Waals surface area contributed by atoms with Crippen molar-refractivity contribution in [3.8, 4) is 17.0 Å². The molecule has 5 heteroatoms. The van der Waals surface area contributed by atoms with Crippen LogP contribution in [0.25, 0.3) is 11.3 Å². The van der Waals surface area contributed by atoms with Crippen LogP contribution in [0.5, 0.6) is 5.75 Å². The minimum atomic E-state index is -0.190. The summed E-state index contributed by atoms with van der Waals surface area (Å²) in [6.45, 7) is 1.41. The summed E-state index contributed by atoms with van der Waals surface area (Å²) in [6, 6.07) is 6.74. The van der Waals surface area contributed by atoms with E-state index < -0.39 is 0 Å². The summed E-state index contributed by atoms with van der Waals surface area (Å²) in [6.07, 6.45) is 3.01. The summed E-state index contributed by atoms with van der Waals surface area (Å²) >= 11 is 0. The number of phenolic OH excluding ortho intramolecular Hbond substituents is 1. The van der Waals surface area contributed by atoms with E-state index in [-0.39, 0.29) is 11.7 Å². The van der Waals surface area contributed by atoms with Crippen LogP contribution in [0.2, 0.25) is 0 Å². The van der Waals surface area contributed by atoms with Gasteiger partial charge in [0.05, 0.1) is 18.1 Å². The number of aromatic nitrogens is 2. The maximum atomic E-state index is 10.8. The quantitative estimate of drug-likeness (QED) is 0.823. The highest BCUT2D eigenvalue weighted by molar-refractivity contribution is 5.87. The topological polar surface area (TPSA) is 75.1 Å². The molecule has 2 aromatic rings. The number of anilines is 1. The van der Waals surface area contributed by atoms with Crippen molar-refractivity contribution in [3.63, 3.8) is 0 Å². The van der Waals surface area contributed by atoms with Gasteiger partial charge in [0, 0.05) is 12.5 Å². The first-order chi connectivity index (χ1) is 8.15. The van der Waals surface area contributed by atoms with Crippen molar-refractivity contribution in [2.24, 2.45) is 0 Å². The van der Waals surface area contributed by atoms with Gasteiger partial charge < -0.3 is 10.4 Å². The van der Waals surface area contributed by atoms with Gasteiger partial charge in [-0.2, -0.15) is 0 Å². The van der Waals surface area contributed by atoms with Crippen LogP contribution in [0.1, 0.15) is 6.92 Å². The van der Waals surface area contributed by atoms with Crippen molar-refractivity contribution in [2.75, 3.05) is 5.32 Å². The SMILES string of the molecule is CC(=O)Nc1cnc(-c2cccc(O)c2)cn1. The number of benzene rings is 1. The first kappa shape index (κ1) is 11.1. The largest absolute Gasteiger partial charge is 0.508 e. The molecule has 0 fully saturated rings. The molecule has 0 saturated carbocycles. The Morgan fingerprint density at radius 1 is 1.29 bits per heavy atom. The average Bonchev–Trinajstić information content (AvgIpc) is 2.29. The van der Waals surface area contributed by atoms with Gasteiger partial charge in [-0.1, -0.05) is 12.1 Å². The summed E-state index contributed by atoms with van der Waals surface area (Å²) in [5.41, 5.74) is 1.40. The van der Waals surface area contributed by atoms with Gasteiger partial charge in [0.1, 0.15) is 5.75 Å². The van der Waals surface area contributed by atoms with Crippen molar-refractivity contribution < 1.29 is 9.90 Å². The van der Waals surface area contributed by atoms with Crippen LogP contribution in [-0.4, -0.2) is 21.0 Å². The number of hydrogen-bond donors (Lipinski definition) is 2. The second-order valence-corrected chi connectivity index (χ2v) is 3.52. The lowest BCUT2D eigenvalue weighted by Gasteiger charge is -2.03. The molecule has 2 N–H and O–H groups in total. The Kier molecular flexibility index (Phi) is 3.00. The summed E-state index contributed by atoms with van der Waals surface area (Å²) in [5, 5.41) is 11.9. The molecule has 0 bridgehead atoms. The normalized spacial score (nSPS) is 9.94. The van der Waals surface area contributed by atoms with Crippen LogP contribution in [-0.2, 0) is 4.79 Å². The van der Waals surface area contributed by atoms with Crippen LogP contribution in [0, 0.1) is 0 Å². The van der Waals surface area contributed by atoms with E-state index in [0.29, 0.717) is 11.5 Å². The summed E-state index contributed by atoms with van der Waals surface area (Å²) in [4.78, 5) is 19.0. The molecule has 0 unspecified atom stereocenters. The lowest BCUT2D eigenvalue weighted by Crippen LogP contribution is -2.07. The predicted molar refractivity (Wildman–Crippen MR) is 63.4 cm³/mol. The number of carbonyl (C=O) groups is 1. The molecular weight excluding hydrogens is 218 g/mol. The molecule has 0 spiro atoms. The number of nitrogens with one attached hydrogen (secondary N) is 1. The van der Waals surface area contributed by atoms with Crippen LogP contribution >= 0.6 is 0 Å². The molecule has 0 saturated heterocycles. The number of carbonyl (C=O) groups excluding carboxylic acids is 1. The van der Waals surface area contributed by atoms with E-state index in [0.717, 1.165) is 5.56 Å². The fourth-order valence-electron chi connectivity index (χ4n) is 1.39. The zero-order chi connectivity index (χ0) is 12.3. The minimum Gasteiger partial charge on any atom is -0.508 e. The molecule has 1 amide bonds. The standard InChI is InChI=1S/C12H11N3O2/c1-8(16)15-12-7-13-11(6-14-12)9-3-2-4-10(17)5-9/h2-7,17H,1H3,(H,14,15,16). The van der Waals surface area contributed by atoms with Gasteiger partial charge in [-0.15, -0.1) is 0 Å². The van der Waals surface area contributed by atoms with Gasteiger partial charge in [-0.3, -0.25) is 9.78 Å². The Balaban J connectivity index is 2.26. The molecule has 2 rings (SSSR count). The number of rotatable bonds is 2. The Bertz CT molecular complexity index is 538. The van der Waals surface area contributed by atoms with E-state index in [1.165, 1.54) is 13.1 Å². The summed E-state index contributed by atoms with van der Waals surface area (Å²) < 4.78 is 0. The Morgan fingerprint density at radius 3 is 2.71 bits per heavy atom. The lowest BCUT2D eigenvalue weighted by atomic mass is 10.1. The van der Waals surface area contributed by atoms with Crippen molar-refractivity contribution in [1.82, 2.24) is 9.97 Å². The number of aromatic hydroxyl groups is 1. The first-order valence-electron chi connectivity index (χ1n) is 5.04. The van der Waals surface area contributed by atoms with E-state index in [9.17, 15) is 9.90 Å². The first-order valence-corrected chi connectivity index (χ1v) is 5.04. The third kappa shape index (κ3) is 2.78. The smallest absolute Gasteiger partial charge is 0.222 e. The second-order valence-electron chi connectivity index (χ2n) is 3.52. The number of phenols is 1. The van der Waals surface area contributed by atoms with Crippen LogP contribution in [0.3, 0.4) is 0 Å². The van der Waals surface area contributed by atoms with Gasteiger partial charge in [0.15, 0.2) is 5.82 Å². The molecule has 1 heterocycles.